The molecule has 1 aliphatic heterocycles. The van der Waals surface area contributed by atoms with Crippen LogP contribution in [0.15, 0.2) is 65.5 Å². The van der Waals surface area contributed by atoms with Gasteiger partial charge >= 0.3 is 0 Å². The molecular weight excluding hydrogens is 432 g/mol. The van der Waals surface area contributed by atoms with Gasteiger partial charge in [-0.2, -0.15) is 0 Å². The highest BCUT2D eigenvalue weighted by molar-refractivity contribution is 7.22. The summed E-state index contributed by atoms with van der Waals surface area (Å²) >= 11 is 1.48. The molecular formula is C26H28N4O2S. The molecule has 1 fully saturated rings. The van der Waals surface area contributed by atoms with Gasteiger partial charge in [0.25, 0.3) is 5.56 Å². The van der Waals surface area contributed by atoms with E-state index >= 15 is 0 Å². The molecule has 0 atom stereocenters. The Kier molecular flexibility index (Phi) is 6.53. The Hall–Kier alpha value is -3.00. The van der Waals surface area contributed by atoms with E-state index < -0.39 is 0 Å². The van der Waals surface area contributed by atoms with Gasteiger partial charge in [-0.3, -0.25) is 9.69 Å². The standard InChI is InChI=1S/C26H28N4O2S/c1-32-21-9-7-20(8-10-21)23-17-22-25(33-23)26(31)28-24(27-22)18-30-15-13-29(14-16-30)12-11-19-5-3-2-4-6-19/h2-10,17H,11-16,18H2,1H3,(H,27,28,31). The zero-order valence-corrected chi connectivity index (χ0v) is 19.6. The first-order chi connectivity index (χ1) is 16.2. The minimum Gasteiger partial charge on any atom is -0.497 e. The molecule has 1 aliphatic rings. The number of methoxy groups -OCH3 is 1. The van der Waals surface area contributed by atoms with E-state index in [4.69, 9.17) is 9.72 Å². The minimum absolute atomic E-state index is 0.0544. The van der Waals surface area contributed by atoms with Gasteiger partial charge in [0.05, 0.1) is 19.2 Å². The van der Waals surface area contributed by atoms with Crippen LogP contribution in [0.3, 0.4) is 0 Å². The van der Waals surface area contributed by atoms with E-state index in [1.54, 1.807) is 7.11 Å². The first-order valence-corrected chi connectivity index (χ1v) is 12.2. The van der Waals surface area contributed by atoms with Crippen molar-refractivity contribution >= 4 is 21.6 Å². The number of rotatable bonds is 7. The second-order valence-electron chi connectivity index (χ2n) is 8.42. The summed E-state index contributed by atoms with van der Waals surface area (Å²) in [5, 5.41) is 0. The number of aromatic nitrogens is 2. The van der Waals surface area contributed by atoms with E-state index in [9.17, 15) is 4.79 Å². The van der Waals surface area contributed by atoms with Gasteiger partial charge in [0.2, 0.25) is 0 Å². The van der Waals surface area contributed by atoms with Gasteiger partial charge in [-0.05, 0) is 47.9 Å². The average Bonchev–Trinajstić information content (AvgIpc) is 3.29. The maximum absolute atomic E-state index is 12.7. The summed E-state index contributed by atoms with van der Waals surface area (Å²) in [7, 11) is 1.66. The van der Waals surface area contributed by atoms with Crippen molar-refractivity contribution in [2.75, 3.05) is 39.8 Å². The van der Waals surface area contributed by atoms with E-state index in [0.29, 0.717) is 11.2 Å². The molecule has 6 nitrogen and oxygen atoms in total. The van der Waals surface area contributed by atoms with Crippen molar-refractivity contribution < 1.29 is 4.74 Å². The van der Waals surface area contributed by atoms with E-state index in [1.165, 1.54) is 16.9 Å². The fourth-order valence-electron chi connectivity index (χ4n) is 4.28. The second-order valence-corrected chi connectivity index (χ2v) is 9.47. The summed E-state index contributed by atoms with van der Waals surface area (Å²) in [6, 6.07) is 20.6. The third kappa shape index (κ3) is 5.16. The fourth-order valence-corrected chi connectivity index (χ4v) is 5.27. The first kappa shape index (κ1) is 21.8. The highest BCUT2D eigenvalue weighted by atomic mass is 32.1. The van der Waals surface area contributed by atoms with Gasteiger partial charge in [0, 0.05) is 37.6 Å². The van der Waals surface area contributed by atoms with Crippen molar-refractivity contribution in [1.29, 1.82) is 0 Å². The summed E-state index contributed by atoms with van der Waals surface area (Å²) in [5.41, 5.74) is 3.17. The van der Waals surface area contributed by atoms with Crippen molar-refractivity contribution in [3.05, 3.63) is 82.4 Å². The van der Waals surface area contributed by atoms with Crippen LogP contribution in [0.5, 0.6) is 5.75 Å². The van der Waals surface area contributed by atoms with Gasteiger partial charge in [0.1, 0.15) is 16.3 Å². The zero-order valence-electron chi connectivity index (χ0n) is 18.8. The molecule has 1 N–H and O–H groups in total. The number of aromatic amines is 1. The molecule has 0 radical (unpaired) electrons. The molecule has 5 rings (SSSR count). The number of benzene rings is 2. The molecule has 1 saturated heterocycles. The van der Waals surface area contributed by atoms with Crippen molar-refractivity contribution in [1.82, 2.24) is 19.8 Å². The molecule has 0 bridgehead atoms. The molecule has 7 heteroatoms. The van der Waals surface area contributed by atoms with Crippen molar-refractivity contribution in [2.24, 2.45) is 0 Å². The van der Waals surface area contributed by atoms with Gasteiger partial charge < -0.3 is 14.6 Å². The summed E-state index contributed by atoms with van der Waals surface area (Å²) in [5.74, 6) is 1.56. The Morgan fingerprint density at radius 1 is 1.00 bits per heavy atom. The van der Waals surface area contributed by atoms with Crippen molar-refractivity contribution in [2.45, 2.75) is 13.0 Å². The van der Waals surface area contributed by atoms with Gasteiger partial charge in [-0.15, -0.1) is 11.3 Å². The van der Waals surface area contributed by atoms with Crippen LogP contribution in [-0.4, -0.2) is 59.6 Å². The lowest BCUT2D eigenvalue weighted by atomic mass is 10.1. The fraction of sp³-hybridized carbons (Fsp3) is 0.308. The Morgan fingerprint density at radius 2 is 1.73 bits per heavy atom. The summed E-state index contributed by atoms with van der Waals surface area (Å²) in [6.07, 6.45) is 1.08. The van der Waals surface area contributed by atoms with Crippen molar-refractivity contribution in [3.8, 4) is 16.2 Å². The first-order valence-electron chi connectivity index (χ1n) is 11.3. The summed E-state index contributed by atoms with van der Waals surface area (Å²) in [4.78, 5) is 26.4. The summed E-state index contributed by atoms with van der Waals surface area (Å²) < 4.78 is 5.92. The van der Waals surface area contributed by atoms with Crippen LogP contribution < -0.4 is 10.3 Å². The molecule has 2 aromatic carbocycles. The molecule has 0 saturated carbocycles. The maximum Gasteiger partial charge on any atom is 0.268 e. The predicted molar refractivity (Wildman–Crippen MR) is 134 cm³/mol. The number of fused-ring (bicyclic) bond motifs is 1. The smallest absolute Gasteiger partial charge is 0.268 e. The van der Waals surface area contributed by atoms with Crippen LogP contribution in [0, 0.1) is 0 Å². The lowest BCUT2D eigenvalue weighted by Crippen LogP contribution is -2.46. The monoisotopic (exact) mass is 460 g/mol. The van der Waals surface area contributed by atoms with Crippen LogP contribution >= 0.6 is 11.3 Å². The third-order valence-electron chi connectivity index (χ3n) is 6.20. The topological polar surface area (TPSA) is 61.5 Å². The van der Waals surface area contributed by atoms with Crippen LogP contribution in [0.4, 0.5) is 0 Å². The van der Waals surface area contributed by atoms with E-state index in [2.05, 4.69) is 45.1 Å². The summed E-state index contributed by atoms with van der Waals surface area (Å²) in [6.45, 7) is 5.81. The zero-order chi connectivity index (χ0) is 22.6. The normalized spacial score (nSPS) is 15.2. The number of ether oxygens (including phenoxy) is 1. The minimum atomic E-state index is -0.0544. The maximum atomic E-state index is 12.7. The number of hydrogen-bond donors (Lipinski definition) is 1. The SMILES string of the molecule is COc1ccc(-c2cc3nc(CN4CCN(CCc5ccccc5)CC4)[nH]c(=O)c3s2)cc1. The number of nitrogens with one attached hydrogen (secondary N) is 1. The third-order valence-corrected chi connectivity index (χ3v) is 7.38. The van der Waals surface area contributed by atoms with E-state index in [-0.39, 0.29) is 5.56 Å². The Bertz CT molecular complexity index is 1260. The quantitative estimate of drug-likeness (QED) is 0.451. The van der Waals surface area contributed by atoms with Crippen molar-refractivity contribution in [3.63, 3.8) is 0 Å². The predicted octanol–water partition coefficient (Wildman–Crippen LogP) is 4.02. The van der Waals surface area contributed by atoms with Gasteiger partial charge in [-0.1, -0.05) is 30.3 Å². The number of hydrogen-bond acceptors (Lipinski definition) is 6. The highest BCUT2D eigenvalue weighted by Crippen LogP contribution is 2.31. The van der Waals surface area contributed by atoms with Crippen LogP contribution in [0.25, 0.3) is 20.7 Å². The molecule has 0 spiro atoms. The van der Waals surface area contributed by atoms with Crippen LogP contribution in [-0.2, 0) is 13.0 Å². The molecule has 33 heavy (non-hydrogen) atoms. The Labute approximate surface area is 197 Å². The number of piperazine rings is 1. The molecule has 2 aromatic heterocycles. The molecule has 0 aliphatic carbocycles. The Balaban J connectivity index is 1.22. The second kappa shape index (κ2) is 9.87. The number of H-pyrrole nitrogens is 1. The lowest BCUT2D eigenvalue weighted by Gasteiger charge is -2.34. The van der Waals surface area contributed by atoms with Gasteiger partial charge in [0.15, 0.2) is 0 Å². The molecule has 4 aromatic rings. The average molecular weight is 461 g/mol. The Morgan fingerprint density at radius 3 is 2.45 bits per heavy atom. The number of nitrogens with zero attached hydrogens (tertiary/aromatic N) is 3. The lowest BCUT2D eigenvalue weighted by molar-refractivity contribution is 0.126. The molecule has 0 unspecified atom stereocenters. The van der Waals surface area contributed by atoms with Gasteiger partial charge in [-0.25, -0.2) is 4.98 Å². The van der Waals surface area contributed by atoms with E-state index in [1.807, 2.05) is 30.3 Å². The molecule has 170 valence electrons. The van der Waals surface area contributed by atoms with Crippen LogP contribution in [0.1, 0.15) is 11.4 Å². The van der Waals surface area contributed by atoms with E-state index in [0.717, 1.165) is 66.7 Å². The largest absolute Gasteiger partial charge is 0.497 e. The number of thiophene rings is 1. The highest BCUT2D eigenvalue weighted by Gasteiger charge is 2.18. The molecule has 0 amide bonds. The molecule has 3 heterocycles. The van der Waals surface area contributed by atoms with Crippen LogP contribution in [0.2, 0.25) is 0 Å².